The Morgan fingerprint density at radius 2 is 1.89 bits per heavy atom. The van der Waals surface area contributed by atoms with Gasteiger partial charge in [-0.2, -0.15) is 0 Å². The summed E-state index contributed by atoms with van der Waals surface area (Å²) < 4.78 is 16.9. The van der Waals surface area contributed by atoms with Crippen LogP contribution in [0.1, 0.15) is 52.2 Å². The molecule has 0 saturated carbocycles. The normalized spacial score (nSPS) is 22.0. The first-order chi connectivity index (χ1) is 13.3. The van der Waals surface area contributed by atoms with E-state index in [0.717, 1.165) is 19.3 Å². The minimum atomic E-state index is -0.845. The molecule has 1 atom stereocenters. The average Bonchev–Trinajstić information content (AvgIpc) is 2.98. The van der Waals surface area contributed by atoms with Crippen molar-refractivity contribution in [3.63, 3.8) is 0 Å². The molecule has 1 N–H and O–H groups in total. The molecule has 0 aromatic carbocycles. The number of carbonyl (C=O) groups excluding carboxylic acids is 2. The largest absolute Gasteiger partial charge is 0.359 e. The number of aromatic nitrogens is 1. The van der Waals surface area contributed by atoms with E-state index in [0.29, 0.717) is 49.1 Å². The van der Waals surface area contributed by atoms with E-state index in [-0.39, 0.29) is 17.4 Å². The van der Waals surface area contributed by atoms with E-state index < -0.39 is 16.8 Å². The maximum atomic E-state index is 13.1. The number of likely N-dealkylation sites (tertiary alicyclic amines) is 1. The Kier molecular flexibility index (Phi) is 6.42. The van der Waals surface area contributed by atoms with Gasteiger partial charge in [-0.15, -0.1) is 0 Å². The molecule has 0 aliphatic carbocycles. The molecule has 156 valence electrons. The van der Waals surface area contributed by atoms with Crippen LogP contribution in [-0.2, 0) is 21.0 Å². The third-order valence-corrected chi connectivity index (χ3v) is 6.53. The van der Waals surface area contributed by atoms with E-state index in [4.69, 9.17) is 4.52 Å². The molecule has 3 heterocycles. The van der Waals surface area contributed by atoms with Gasteiger partial charge in [-0.25, -0.2) is 4.79 Å². The van der Waals surface area contributed by atoms with Gasteiger partial charge in [0.2, 0.25) is 5.91 Å². The molecule has 2 saturated heterocycles. The number of nitrogens with one attached hydrogen (secondary N) is 1. The highest BCUT2D eigenvalue weighted by Gasteiger charge is 2.35. The highest BCUT2D eigenvalue weighted by molar-refractivity contribution is 7.85. The number of hydrogen-bond acceptors (Lipinski definition) is 5. The summed E-state index contributed by atoms with van der Waals surface area (Å²) in [5, 5.41) is 6.78. The molecule has 0 spiro atoms. The second-order valence-corrected chi connectivity index (χ2v) is 10.2. The van der Waals surface area contributed by atoms with E-state index in [1.807, 2.05) is 20.8 Å². The topological polar surface area (TPSA) is 95.8 Å². The van der Waals surface area contributed by atoms with E-state index in [1.165, 1.54) is 0 Å². The van der Waals surface area contributed by atoms with Crippen molar-refractivity contribution in [2.45, 2.75) is 57.9 Å². The fraction of sp³-hybridized carbons (Fsp3) is 0.737. The second-order valence-electron chi connectivity index (χ2n) is 8.49. The minimum Gasteiger partial charge on any atom is -0.359 e. The predicted octanol–water partition coefficient (Wildman–Crippen LogP) is 2.34. The third-order valence-electron chi connectivity index (χ3n) is 5.25. The van der Waals surface area contributed by atoms with Crippen molar-refractivity contribution in [3.05, 3.63) is 11.8 Å². The van der Waals surface area contributed by atoms with Crippen molar-refractivity contribution in [2.24, 2.45) is 0 Å². The number of hydrogen-bond donors (Lipinski definition) is 1. The first-order valence-corrected chi connectivity index (χ1v) is 11.4. The Morgan fingerprint density at radius 3 is 2.54 bits per heavy atom. The van der Waals surface area contributed by atoms with Crippen molar-refractivity contribution in [1.29, 1.82) is 0 Å². The summed E-state index contributed by atoms with van der Waals surface area (Å²) >= 11 is 0. The average molecular weight is 411 g/mol. The van der Waals surface area contributed by atoms with Gasteiger partial charge in [0.1, 0.15) is 11.8 Å². The lowest BCUT2D eigenvalue weighted by molar-refractivity contribution is -0.120. The van der Waals surface area contributed by atoms with Gasteiger partial charge in [-0.05, 0) is 12.8 Å². The van der Waals surface area contributed by atoms with Crippen LogP contribution in [0.5, 0.6) is 0 Å². The van der Waals surface area contributed by atoms with Gasteiger partial charge in [0.25, 0.3) is 0 Å². The van der Waals surface area contributed by atoms with E-state index in [2.05, 4.69) is 10.5 Å². The van der Waals surface area contributed by atoms with E-state index in [1.54, 1.807) is 15.9 Å². The summed E-state index contributed by atoms with van der Waals surface area (Å²) in [4.78, 5) is 29.4. The van der Waals surface area contributed by atoms with Crippen LogP contribution < -0.4 is 5.32 Å². The van der Waals surface area contributed by atoms with Crippen molar-refractivity contribution in [3.8, 4) is 0 Å². The molecule has 8 nitrogen and oxygen atoms in total. The van der Waals surface area contributed by atoms with Crippen LogP contribution >= 0.6 is 0 Å². The SMILES string of the molecule is CC(C)(C)c1cc(NC(=O)[C@@H]2CCCCCN2C(=O)N2CCS(=O)CC2)no1. The Labute approximate surface area is 168 Å². The first kappa shape index (κ1) is 20.8. The molecule has 3 rings (SSSR count). The highest BCUT2D eigenvalue weighted by Crippen LogP contribution is 2.25. The standard InChI is InChI=1S/C19H30N4O4S/c1-19(2,3)15-13-16(21-27-15)20-17(24)14-7-5-4-6-8-23(14)18(25)22-9-11-28(26)12-10-22/h13-14H,4-12H2,1-3H3,(H,20,21,24)/t14-/m0/s1. The van der Waals surface area contributed by atoms with Crippen LogP contribution in [0, 0.1) is 0 Å². The maximum Gasteiger partial charge on any atom is 0.320 e. The van der Waals surface area contributed by atoms with Gasteiger partial charge < -0.3 is 19.6 Å². The van der Waals surface area contributed by atoms with Crippen LogP contribution in [0.15, 0.2) is 10.6 Å². The Morgan fingerprint density at radius 1 is 1.18 bits per heavy atom. The second kappa shape index (κ2) is 8.63. The zero-order chi connectivity index (χ0) is 20.3. The smallest absolute Gasteiger partial charge is 0.320 e. The zero-order valence-electron chi connectivity index (χ0n) is 16.9. The summed E-state index contributed by atoms with van der Waals surface area (Å²) in [5.74, 6) is 1.85. The van der Waals surface area contributed by atoms with E-state index in [9.17, 15) is 13.8 Å². The Bertz CT molecular complexity index is 733. The number of nitrogens with zero attached hydrogens (tertiary/aromatic N) is 3. The first-order valence-electron chi connectivity index (χ1n) is 9.94. The minimum absolute atomic E-state index is 0.130. The van der Waals surface area contributed by atoms with Crippen LogP contribution in [0.4, 0.5) is 10.6 Å². The number of rotatable bonds is 2. The van der Waals surface area contributed by atoms with Gasteiger partial charge in [0.15, 0.2) is 5.82 Å². The summed E-state index contributed by atoms with van der Waals surface area (Å²) in [6, 6.07) is 1.08. The fourth-order valence-corrected chi connectivity index (χ4v) is 4.57. The van der Waals surface area contributed by atoms with Gasteiger partial charge in [-0.1, -0.05) is 38.8 Å². The van der Waals surface area contributed by atoms with Crippen LogP contribution in [0.25, 0.3) is 0 Å². The summed E-state index contributed by atoms with van der Waals surface area (Å²) in [5.41, 5.74) is -0.200. The third kappa shape index (κ3) is 4.92. The molecule has 3 amide bonds. The molecule has 2 aliphatic heterocycles. The lowest BCUT2D eigenvalue weighted by Gasteiger charge is -2.35. The summed E-state index contributed by atoms with van der Waals surface area (Å²) in [6.45, 7) is 7.55. The predicted molar refractivity (Wildman–Crippen MR) is 108 cm³/mol. The molecule has 0 unspecified atom stereocenters. The maximum absolute atomic E-state index is 13.1. The molecular formula is C19H30N4O4S. The monoisotopic (exact) mass is 410 g/mol. The van der Waals surface area contributed by atoms with Crippen LogP contribution in [0.2, 0.25) is 0 Å². The van der Waals surface area contributed by atoms with Crippen molar-refractivity contribution >= 4 is 28.6 Å². The summed E-state index contributed by atoms with van der Waals surface area (Å²) in [7, 11) is -0.845. The quantitative estimate of drug-likeness (QED) is 0.807. The lowest BCUT2D eigenvalue weighted by Crippen LogP contribution is -2.54. The van der Waals surface area contributed by atoms with Gasteiger partial charge >= 0.3 is 6.03 Å². The Hall–Kier alpha value is -1.90. The summed E-state index contributed by atoms with van der Waals surface area (Å²) in [6.07, 6.45) is 3.41. The zero-order valence-corrected chi connectivity index (χ0v) is 17.7. The molecule has 0 radical (unpaired) electrons. The molecular weight excluding hydrogens is 380 g/mol. The Balaban J connectivity index is 1.71. The molecule has 28 heavy (non-hydrogen) atoms. The number of amides is 3. The van der Waals surface area contributed by atoms with Crippen molar-refractivity contribution in [2.75, 3.05) is 36.5 Å². The molecule has 1 aromatic rings. The van der Waals surface area contributed by atoms with Gasteiger partial charge in [0.05, 0.1) is 0 Å². The fourth-order valence-electron chi connectivity index (χ4n) is 3.52. The molecule has 2 aliphatic rings. The number of urea groups is 1. The highest BCUT2D eigenvalue weighted by atomic mass is 32.2. The van der Waals surface area contributed by atoms with Crippen molar-refractivity contribution < 1.29 is 18.3 Å². The van der Waals surface area contributed by atoms with Crippen LogP contribution in [0.3, 0.4) is 0 Å². The molecule has 1 aromatic heterocycles. The number of anilines is 1. The van der Waals surface area contributed by atoms with Gasteiger partial charge in [0, 0.05) is 53.4 Å². The van der Waals surface area contributed by atoms with Gasteiger partial charge in [-0.3, -0.25) is 9.00 Å². The van der Waals surface area contributed by atoms with E-state index >= 15 is 0 Å². The van der Waals surface area contributed by atoms with Crippen LogP contribution in [-0.4, -0.2) is 68.3 Å². The molecule has 2 fully saturated rings. The molecule has 0 bridgehead atoms. The number of carbonyl (C=O) groups is 2. The lowest BCUT2D eigenvalue weighted by atomic mass is 9.93. The molecule has 9 heteroatoms. The van der Waals surface area contributed by atoms with Crippen molar-refractivity contribution in [1.82, 2.24) is 15.0 Å².